The zero-order chi connectivity index (χ0) is 15.2. The molecule has 3 nitrogen and oxygen atoms in total. The van der Waals surface area contributed by atoms with Gasteiger partial charge in [0.1, 0.15) is 5.72 Å². The molecule has 1 rings (SSSR count). The van der Waals surface area contributed by atoms with E-state index >= 15 is 0 Å². The number of nitrogens with one attached hydrogen (secondary N) is 1. The van der Waals surface area contributed by atoms with Crippen molar-refractivity contribution < 1.29 is 4.74 Å². The van der Waals surface area contributed by atoms with Gasteiger partial charge in [0.2, 0.25) is 0 Å². The summed E-state index contributed by atoms with van der Waals surface area (Å²) >= 11 is 0. The third-order valence-corrected chi connectivity index (χ3v) is 4.55. The van der Waals surface area contributed by atoms with Crippen LogP contribution in [-0.4, -0.2) is 25.4 Å². The molecule has 0 aromatic carbocycles. The SMILES string of the molecule is Br.CCCCCCCCCCCCCCC1(N)CNCCO1. The largest absolute Gasteiger partial charge is 0.358 e. The lowest BCUT2D eigenvalue weighted by molar-refractivity contribution is -0.0681. The lowest BCUT2D eigenvalue weighted by Gasteiger charge is -2.34. The zero-order valence-electron chi connectivity index (χ0n) is 14.7. The molecule has 1 saturated heterocycles. The average molecular weight is 379 g/mol. The summed E-state index contributed by atoms with van der Waals surface area (Å²) in [5.74, 6) is 0. The molecule has 0 bridgehead atoms. The van der Waals surface area contributed by atoms with Gasteiger partial charge in [0.05, 0.1) is 6.61 Å². The predicted molar refractivity (Wildman–Crippen MR) is 102 cm³/mol. The van der Waals surface area contributed by atoms with Gasteiger partial charge in [-0.3, -0.25) is 0 Å². The lowest BCUT2D eigenvalue weighted by Crippen LogP contribution is -2.56. The molecule has 0 saturated carbocycles. The van der Waals surface area contributed by atoms with Crippen molar-refractivity contribution in [3.8, 4) is 0 Å². The van der Waals surface area contributed by atoms with E-state index in [-0.39, 0.29) is 17.0 Å². The van der Waals surface area contributed by atoms with Crippen LogP contribution in [0.15, 0.2) is 0 Å². The Kier molecular flexibility index (Phi) is 15.2. The summed E-state index contributed by atoms with van der Waals surface area (Å²) in [7, 11) is 0. The van der Waals surface area contributed by atoms with Crippen LogP contribution in [0.3, 0.4) is 0 Å². The van der Waals surface area contributed by atoms with Crippen molar-refractivity contribution in [3.05, 3.63) is 0 Å². The van der Waals surface area contributed by atoms with Crippen LogP contribution in [0.5, 0.6) is 0 Å². The van der Waals surface area contributed by atoms with Crippen LogP contribution >= 0.6 is 17.0 Å². The minimum Gasteiger partial charge on any atom is -0.358 e. The Labute approximate surface area is 148 Å². The van der Waals surface area contributed by atoms with Crippen molar-refractivity contribution in [3.63, 3.8) is 0 Å². The molecule has 4 heteroatoms. The van der Waals surface area contributed by atoms with Gasteiger partial charge in [-0.2, -0.15) is 0 Å². The van der Waals surface area contributed by atoms with E-state index in [2.05, 4.69) is 12.2 Å². The van der Waals surface area contributed by atoms with E-state index in [0.29, 0.717) is 0 Å². The van der Waals surface area contributed by atoms with Crippen molar-refractivity contribution in [2.24, 2.45) is 5.73 Å². The molecule has 0 aliphatic carbocycles. The zero-order valence-corrected chi connectivity index (χ0v) is 16.4. The Morgan fingerprint density at radius 2 is 1.36 bits per heavy atom. The first-order valence-electron chi connectivity index (χ1n) is 9.40. The number of morpholine rings is 1. The maximum absolute atomic E-state index is 6.20. The van der Waals surface area contributed by atoms with Crippen LogP contribution in [0.1, 0.15) is 90.4 Å². The van der Waals surface area contributed by atoms with Crippen LogP contribution in [0, 0.1) is 0 Å². The molecular weight excluding hydrogens is 340 g/mol. The van der Waals surface area contributed by atoms with Gasteiger partial charge in [-0.25, -0.2) is 0 Å². The molecule has 22 heavy (non-hydrogen) atoms. The maximum Gasteiger partial charge on any atom is 0.129 e. The third kappa shape index (κ3) is 11.9. The Morgan fingerprint density at radius 1 is 0.864 bits per heavy atom. The van der Waals surface area contributed by atoms with Crippen LogP contribution < -0.4 is 11.1 Å². The molecule has 0 aromatic rings. The highest BCUT2D eigenvalue weighted by Crippen LogP contribution is 2.17. The summed E-state index contributed by atoms with van der Waals surface area (Å²) in [6, 6.07) is 0. The van der Waals surface area contributed by atoms with Gasteiger partial charge in [-0.1, -0.05) is 77.6 Å². The number of hydrogen-bond donors (Lipinski definition) is 2. The van der Waals surface area contributed by atoms with E-state index < -0.39 is 5.72 Å². The van der Waals surface area contributed by atoms with Gasteiger partial charge in [0.25, 0.3) is 0 Å². The van der Waals surface area contributed by atoms with Crippen molar-refractivity contribution in [2.75, 3.05) is 19.7 Å². The normalized spacial score (nSPS) is 21.5. The third-order valence-electron chi connectivity index (χ3n) is 4.55. The number of rotatable bonds is 13. The topological polar surface area (TPSA) is 47.3 Å². The fourth-order valence-corrected chi connectivity index (χ4v) is 3.10. The van der Waals surface area contributed by atoms with Crippen LogP contribution in [0.2, 0.25) is 0 Å². The Balaban J connectivity index is 0.00000441. The van der Waals surface area contributed by atoms with Crippen molar-refractivity contribution in [1.29, 1.82) is 0 Å². The monoisotopic (exact) mass is 378 g/mol. The van der Waals surface area contributed by atoms with Gasteiger partial charge < -0.3 is 15.8 Å². The quantitative estimate of drug-likeness (QED) is 0.446. The van der Waals surface area contributed by atoms with E-state index in [0.717, 1.165) is 26.1 Å². The van der Waals surface area contributed by atoms with Gasteiger partial charge in [0.15, 0.2) is 0 Å². The first kappa shape index (κ1) is 22.4. The summed E-state index contributed by atoms with van der Waals surface area (Å²) in [5, 5.41) is 3.32. The molecule has 3 N–H and O–H groups in total. The Bertz CT molecular complexity index is 233. The highest BCUT2D eigenvalue weighted by molar-refractivity contribution is 8.93. The molecule has 0 radical (unpaired) electrons. The second-order valence-electron chi connectivity index (χ2n) is 6.73. The molecule has 1 atom stereocenters. The van der Waals surface area contributed by atoms with E-state index in [1.807, 2.05) is 0 Å². The van der Waals surface area contributed by atoms with Gasteiger partial charge >= 0.3 is 0 Å². The number of nitrogens with two attached hydrogens (primary N) is 1. The number of halogens is 1. The van der Waals surface area contributed by atoms with Crippen molar-refractivity contribution in [1.82, 2.24) is 5.32 Å². The average Bonchev–Trinajstić information content (AvgIpc) is 2.49. The Hall–Kier alpha value is 0.360. The van der Waals surface area contributed by atoms with Crippen molar-refractivity contribution in [2.45, 2.75) is 96.1 Å². The van der Waals surface area contributed by atoms with Gasteiger partial charge in [-0.15, -0.1) is 17.0 Å². The second-order valence-corrected chi connectivity index (χ2v) is 6.73. The van der Waals surface area contributed by atoms with Crippen LogP contribution in [0.25, 0.3) is 0 Å². The minimum atomic E-state index is -0.392. The molecule has 1 aliphatic rings. The van der Waals surface area contributed by atoms with E-state index in [4.69, 9.17) is 10.5 Å². The van der Waals surface area contributed by atoms with E-state index in [9.17, 15) is 0 Å². The number of ether oxygens (including phenoxy) is 1. The molecule has 0 aromatic heterocycles. The summed E-state index contributed by atoms with van der Waals surface area (Å²) in [5.41, 5.74) is 5.81. The molecule has 1 aliphatic heterocycles. The maximum atomic E-state index is 6.20. The summed E-state index contributed by atoms with van der Waals surface area (Å²) in [4.78, 5) is 0. The van der Waals surface area contributed by atoms with Gasteiger partial charge in [-0.05, 0) is 12.8 Å². The van der Waals surface area contributed by atoms with E-state index in [1.165, 1.54) is 77.0 Å². The second kappa shape index (κ2) is 14.9. The molecule has 1 unspecified atom stereocenters. The molecule has 134 valence electrons. The first-order valence-corrected chi connectivity index (χ1v) is 9.40. The molecule has 1 heterocycles. The first-order chi connectivity index (χ1) is 10.3. The molecule has 0 spiro atoms. The minimum absolute atomic E-state index is 0. The predicted octanol–water partition coefficient (Wildman–Crippen LogP) is 4.93. The number of unbranched alkanes of at least 4 members (excludes halogenated alkanes) is 11. The van der Waals surface area contributed by atoms with Crippen LogP contribution in [0.4, 0.5) is 0 Å². The number of hydrogen-bond acceptors (Lipinski definition) is 3. The highest BCUT2D eigenvalue weighted by Gasteiger charge is 2.27. The molecular formula is C18H39BrN2O. The fraction of sp³-hybridized carbons (Fsp3) is 1.00. The molecule has 0 amide bonds. The summed E-state index contributed by atoms with van der Waals surface area (Å²) < 4.78 is 5.68. The highest BCUT2D eigenvalue weighted by atomic mass is 79.9. The fourth-order valence-electron chi connectivity index (χ4n) is 3.10. The molecule has 1 fully saturated rings. The van der Waals surface area contributed by atoms with Crippen LogP contribution in [-0.2, 0) is 4.74 Å². The Morgan fingerprint density at radius 3 is 1.82 bits per heavy atom. The summed E-state index contributed by atoms with van der Waals surface area (Å²) in [6.07, 6.45) is 17.6. The van der Waals surface area contributed by atoms with Crippen molar-refractivity contribution >= 4 is 17.0 Å². The van der Waals surface area contributed by atoms with E-state index in [1.54, 1.807) is 0 Å². The standard InChI is InChI=1S/C18H38N2O.BrH/c1-2-3-4-5-6-7-8-9-10-11-12-13-14-18(19)17-20-15-16-21-18;/h20H,2-17,19H2,1H3;1H. The van der Waals surface area contributed by atoms with Gasteiger partial charge in [0, 0.05) is 13.1 Å². The smallest absolute Gasteiger partial charge is 0.129 e. The lowest BCUT2D eigenvalue weighted by atomic mass is 10.0. The summed E-state index contributed by atoms with van der Waals surface area (Å²) in [6.45, 7) is 4.79.